The number of rotatable bonds is 5. The van der Waals surface area contributed by atoms with E-state index in [9.17, 15) is 0 Å². The van der Waals surface area contributed by atoms with Crippen molar-refractivity contribution in [2.75, 3.05) is 44.2 Å². The van der Waals surface area contributed by atoms with Gasteiger partial charge in [0, 0.05) is 32.7 Å². The van der Waals surface area contributed by atoms with E-state index in [0.29, 0.717) is 6.10 Å². The molecule has 1 aliphatic heterocycles. The van der Waals surface area contributed by atoms with Gasteiger partial charge in [0.25, 0.3) is 0 Å². The van der Waals surface area contributed by atoms with Gasteiger partial charge in [0.05, 0.1) is 12.7 Å². The molecule has 1 aliphatic carbocycles. The van der Waals surface area contributed by atoms with Gasteiger partial charge in [-0.1, -0.05) is 19.8 Å². The van der Waals surface area contributed by atoms with Gasteiger partial charge in [0.15, 0.2) is 5.65 Å². The van der Waals surface area contributed by atoms with Crippen molar-refractivity contribution in [3.05, 3.63) is 18.5 Å². The summed E-state index contributed by atoms with van der Waals surface area (Å²) in [6, 6.07) is 4.01. The van der Waals surface area contributed by atoms with Gasteiger partial charge in [-0.05, 0) is 30.9 Å². The molecular weight excluding hydrogens is 316 g/mol. The lowest BCUT2D eigenvalue weighted by Crippen LogP contribution is -2.48. The van der Waals surface area contributed by atoms with Gasteiger partial charge in [-0.15, -0.1) is 15.3 Å². The highest BCUT2D eigenvalue weighted by Gasteiger charge is 2.23. The maximum absolute atomic E-state index is 6.16. The highest BCUT2D eigenvalue weighted by Crippen LogP contribution is 2.26. The summed E-state index contributed by atoms with van der Waals surface area (Å²) >= 11 is 0. The van der Waals surface area contributed by atoms with Gasteiger partial charge in [-0.3, -0.25) is 4.90 Å². The minimum Gasteiger partial charge on any atom is -0.377 e. The van der Waals surface area contributed by atoms with E-state index in [-0.39, 0.29) is 0 Å². The van der Waals surface area contributed by atoms with Crippen LogP contribution < -0.4 is 4.90 Å². The molecular formula is C18H28N6O. The summed E-state index contributed by atoms with van der Waals surface area (Å²) in [6.07, 6.45) is 7.41. The van der Waals surface area contributed by atoms with E-state index in [4.69, 9.17) is 4.74 Å². The zero-order valence-corrected chi connectivity index (χ0v) is 15.0. The Hall–Kier alpha value is -1.73. The SMILES string of the molecule is C[C@@H]1CCCC[C@@H]1OCCN1CCN(c2ccc3nncn3n2)CC1. The van der Waals surface area contributed by atoms with Crippen LogP contribution in [0.4, 0.5) is 5.82 Å². The van der Waals surface area contributed by atoms with Crippen molar-refractivity contribution < 1.29 is 4.74 Å². The van der Waals surface area contributed by atoms with E-state index in [1.54, 1.807) is 10.8 Å². The third-order valence-corrected chi connectivity index (χ3v) is 5.62. The smallest absolute Gasteiger partial charge is 0.177 e. The Morgan fingerprint density at radius 2 is 1.96 bits per heavy atom. The molecule has 2 aromatic rings. The van der Waals surface area contributed by atoms with Crippen molar-refractivity contribution in [1.82, 2.24) is 24.7 Å². The fourth-order valence-corrected chi connectivity index (χ4v) is 3.95. The number of fused-ring (bicyclic) bond motifs is 1. The Kier molecular flexibility index (Phi) is 5.12. The van der Waals surface area contributed by atoms with E-state index < -0.39 is 0 Å². The molecule has 0 bridgehead atoms. The number of hydrogen-bond acceptors (Lipinski definition) is 6. The normalized spacial score (nSPS) is 25.6. The standard InChI is InChI=1S/C18H28N6O/c1-15-4-2-3-5-16(15)25-13-12-22-8-10-23(11-9-22)18-7-6-17-20-19-14-24(17)21-18/h6-7,14-16H,2-5,8-13H2,1H3/t15-,16+/m1/s1. The first-order valence-corrected chi connectivity index (χ1v) is 9.55. The molecule has 2 atom stereocenters. The first-order chi connectivity index (χ1) is 12.3. The van der Waals surface area contributed by atoms with E-state index >= 15 is 0 Å². The lowest BCUT2D eigenvalue weighted by molar-refractivity contribution is -0.0141. The fraction of sp³-hybridized carbons (Fsp3) is 0.722. The zero-order valence-electron chi connectivity index (χ0n) is 15.0. The summed E-state index contributed by atoms with van der Waals surface area (Å²) < 4.78 is 7.90. The molecule has 0 radical (unpaired) electrons. The predicted octanol–water partition coefficient (Wildman–Crippen LogP) is 1.84. The molecule has 136 valence electrons. The Bertz CT molecular complexity index is 681. The maximum atomic E-state index is 6.16. The second kappa shape index (κ2) is 7.66. The van der Waals surface area contributed by atoms with Crippen LogP contribution in [-0.2, 0) is 4.74 Å². The molecule has 2 aliphatic rings. The summed E-state index contributed by atoms with van der Waals surface area (Å²) in [7, 11) is 0. The van der Waals surface area contributed by atoms with Gasteiger partial charge in [-0.25, -0.2) is 0 Å². The van der Waals surface area contributed by atoms with Crippen LogP contribution >= 0.6 is 0 Å². The van der Waals surface area contributed by atoms with Crippen molar-refractivity contribution in [3.8, 4) is 0 Å². The molecule has 0 N–H and O–H groups in total. The Balaban J connectivity index is 1.22. The van der Waals surface area contributed by atoms with Crippen LogP contribution in [-0.4, -0.2) is 70.1 Å². The summed E-state index contributed by atoms with van der Waals surface area (Å²) in [6.45, 7) is 8.36. The highest BCUT2D eigenvalue weighted by atomic mass is 16.5. The van der Waals surface area contributed by atoms with Crippen LogP contribution in [0.2, 0.25) is 0 Å². The average molecular weight is 344 g/mol. The largest absolute Gasteiger partial charge is 0.377 e. The molecule has 0 unspecified atom stereocenters. The van der Waals surface area contributed by atoms with Crippen LogP contribution in [0.5, 0.6) is 0 Å². The molecule has 0 spiro atoms. The van der Waals surface area contributed by atoms with Gasteiger partial charge in [0.2, 0.25) is 0 Å². The monoisotopic (exact) mass is 344 g/mol. The summed E-state index contributed by atoms with van der Waals surface area (Å²) in [5.41, 5.74) is 0.788. The van der Waals surface area contributed by atoms with Crippen molar-refractivity contribution in [2.24, 2.45) is 5.92 Å². The molecule has 0 aromatic carbocycles. The van der Waals surface area contributed by atoms with E-state index in [0.717, 1.165) is 56.7 Å². The fourth-order valence-electron chi connectivity index (χ4n) is 3.95. The van der Waals surface area contributed by atoms with Crippen molar-refractivity contribution in [1.29, 1.82) is 0 Å². The molecule has 2 aromatic heterocycles. The Labute approximate surface area is 149 Å². The van der Waals surface area contributed by atoms with Crippen molar-refractivity contribution >= 4 is 11.5 Å². The first kappa shape index (κ1) is 16.7. The minimum absolute atomic E-state index is 0.481. The number of hydrogen-bond donors (Lipinski definition) is 0. The van der Waals surface area contributed by atoms with Gasteiger partial charge >= 0.3 is 0 Å². The molecule has 1 saturated carbocycles. The summed E-state index contributed by atoms with van der Waals surface area (Å²) in [5.74, 6) is 1.73. The average Bonchev–Trinajstić information content (AvgIpc) is 3.12. The number of piperazine rings is 1. The predicted molar refractivity (Wildman–Crippen MR) is 96.8 cm³/mol. The second-order valence-electron chi connectivity index (χ2n) is 7.32. The maximum Gasteiger partial charge on any atom is 0.177 e. The summed E-state index contributed by atoms with van der Waals surface area (Å²) in [4.78, 5) is 4.83. The van der Waals surface area contributed by atoms with Gasteiger partial charge < -0.3 is 9.64 Å². The molecule has 7 nitrogen and oxygen atoms in total. The first-order valence-electron chi connectivity index (χ1n) is 9.55. The molecule has 7 heteroatoms. The Morgan fingerprint density at radius 1 is 1.12 bits per heavy atom. The van der Waals surface area contributed by atoms with E-state index in [1.165, 1.54) is 25.7 Å². The molecule has 25 heavy (non-hydrogen) atoms. The van der Waals surface area contributed by atoms with E-state index in [1.807, 2.05) is 12.1 Å². The van der Waals surface area contributed by atoms with Gasteiger partial charge in [-0.2, -0.15) is 4.52 Å². The lowest BCUT2D eigenvalue weighted by Gasteiger charge is -2.36. The van der Waals surface area contributed by atoms with Gasteiger partial charge in [0.1, 0.15) is 12.1 Å². The molecule has 3 heterocycles. The van der Waals surface area contributed by atoms with Crippen molar-refractivity contribution in [3.63, 3.8) is 0 Å². The molecule has 2 fully saturated rings. The van der Waals surface area contributed by atoms with Crippen LogP contribution in [0.1, 0.15) is 32.6 Å². The minimum atomic E-state index is 0.481. The second-order valence-corrected chi connectivity index (χ2v) is 7.32. The van der Waals surface area contributed by atoms with E-state index in [2.05, 4.69) is 32.0 Å². The van der Waals surface area contributed by atoms with Crippen LogP contribution in [0.3, 0.4) is 0 Å². The third-order valence-electron chi connectivity index (χ3n) is 5.62. The third kappa shape index (κ3) is 3.93. The highest BCUT2D eigenvalue weighted by molar-refractivity contribution is 5.45. The van der Waals surface area contributed by atoms with Crippen LogP contribution in [0, 0.1) is 5.92 Å². The quantitative estimate of drug-likeness (QED) is 0.825. The lowest BCUT2D eigenvalue weighted by atomic mass is 9.88. The number of anilines is 1. The molecule has 0 amide bonds. The number of nitrogens with zero attached hydrogens (tertiary/aromatic N) is 6. The van der Waals surface area contributed by atoms with Crippen LogP contribution in [0.15, 0.2) is 18.5 Å². The topological polar surface area (TPSA) is 58.8 Å². The molecule has 4 rings (SSSR count). The Morgan fingerprint density at radius 3 is 2.80 bits per heavy atom. The van der Waals surface area contributed by atoms with Crippen molar-refractivity contribution in [2.45, 2.75) is 38.7 Å². The number of ether oxygens (including phenoxy) is 1. The molecule has 1 saturated heterocycles. The summed E-state index contributed by atoms with van der Waals surface area (Å²) in [5, 5.41) is 12.5. The number of aromatic nitrogens is 4. The van der Waals surface area contributed by atoms with Crippen LogP contribution in [0.25, 0.3) is 5.65 Å². The zero-order chi connectivity index (χ0) is 17.1.